The van der Waals surface area contributed by atoms with Crippen LogP contribution in [0.5, 0.6) is 0 Å². The van der Waals surface area contributed by atoms with E-state index < -0.39 is 10.0 Å². The van der Waals surface area contributed by atoms with Crippen molar-refractivity contribution in [1.82, 2.24) is 19.4 Å². The van der Waals surface area contributed by atoms with Gasteiger partial charge < -0.3 is 5.32 Å². The van der Waals surface area contributed by atoms with Crippen LogP contribution in [0.3, 0.4) is 0 Å². The number of rotatable bonds is 5. The number of hydrogen-bond acceptors (Lipinski definition) is 4. The Kier molecular flexibility index (Phi) is 4.94. The number of amides is 1. The van der Waals surface area contributed by atoms with E-state index in [2.05, 4.69) is 10.4 Å². The van der Waals surface area contributed by atoms with Gasteiger partial charge >= 0.3 is 0 Å². The van der Waals surface area contributed by atoms with Gasteiger partial charge in [0.2, 0.25) is 10.0 Å². The molecule has 1 heterocycles. The van der Waals surface area contributed by atoms with E-state index in [1.807, 2.05) is 0 Å². The Hall–Kier alpha value is -1.12. The second-order valence-electron chi connectivity index (χ2n) is 4.21. The summed E-state index contributed by atoms with van der Waals surface area (Å²) in [5.41, 5.74) is 0.837. The molecule has 0 fully saturated rings. The topological polar surface area (TPSA) is 84.3 Å². The number of aromatic nitrogens is 2. The van der Waals surface area contributed by atoms with Crippen molar-refractivity contribution in [3.8, 4) is 0 Å². The van der Waals surface area contributed by atoms with Gasteiger partial charge in [0.25, 0.3) is 5.91 Å². The van der Waals surface area contributed by atoms with Crippen LogP contribution < -0.4 is 5.32 Å². The number of halogens is 1. The minimum absolute atomic E-state index is 0.193. The van der Waals surface area contributed by atoms with Gasteiger partial charge in [-0.15, -0.1) is 0 Å². The smallest absolute Gasteiger partial charge is 0.271 e. The summed E-state index contributed by atoms with van der Waals surface area (Å²) in [6.07, 6.45) is 1.11. The Morgan fingerprint density at radius 1 is 1.53 bits per heavy atom. The predicted octanol–water partition coefficient (Wildman–Crippen LogP) is 0.00312. The molecule has 19 heavy (non-hydrogen) atoms. The van der Waals surface area contributed by atoms with Crippen LogP contribution in [0.2, 0.25) is 5.02 Å². The van der Waals surface area contributed by atoms with Gasteiger partial charge in [-0.2, -0.15) is 5.10 Å². The first-order valence-corrected chi connectivity index (χ1v) is 7.75. The molecule has 1 amide bonds. The number of aryl methyl sites for hydroxylation is 2. The second kappa shape index (κ2) is 5.89. The highest BCUT2D eigenvalue weighted by atomic mass is 35.5. The van der Waals surface area contributed by atoms with Gasteiger partial charge in [0.1, 0.15) is 5.69 Å². The summed E-state index contributed by atoms with van der Waals surface area (Å²) in [4.78, 5) is 11.9. The Bertz CT molecular complexity index is 582. The van der Waals surface area contributed by atoms with Crippen LogP contribution >= 0.6 is 11.6 Å². The van der Waals surface area contributed by atoms with Crippen LogP contribution in [0, 0.1) is 6.92 Å². The van der Waals surface area contributed by atoms with E-state index in [1.165, 1.54) is 11.7 Å². The molecule has 1 aromatic heterocycles. The van der Waals surface area contributed by atoms with Gasteiger partial charge in [0, 0.05) is 27.2 Å². The maximum atomic E-state index is 11.9. The minimum atomic E-state index is -3.24. The van der Waals surface area contributed by atoms with Crippen molar-refractivity contribution in [2.45, 2.75) is 6.92 Å². The molecular weight excluding hydrogens is 292 g/mol. The van der Waals surface area contributed by atoms with E-state index >= 15 is 0 Å². The zero-order chi connectivity index (χ0) is 14.8. The van der Waals surface area contributed by atoms with Crippen molar-refractivity contribution < 1.29 is 13.2 Å². The van der Waals surface area contributed by atoms with Crippen LogP contribution in [0.25, 0.3) is 0 Å². The number of carbonyl (C=O) groups excluding carboxylic acids is 1. The zero-order valence-corrected chi connectivity index (χ0v) is 12.8. The van der Waals surface area contributed by atoms with Crippen molar-refractivity contribution >= 4 is 27.5 Å². The predicted molar refractivity (Wildman–Crippen MR) is 72.8 cm³/mol. The first-order valence-electron chi connectivity index (χ1n) is 5.53. The van der Waals surface area contributed by atoms with Gasteiger partial charge in [0.05, 0.1) is 17.0 Å². The molecule has 1 aromatic rings. The van der Waals surface area contributed by atoms with E-state index in [1.54, 1.807) is 14.0 Å². The summed E-state index contributed by atoms with van der Waals surface area (Å²) in [5.74, 6) is -0.380. The van der Waals surface area contributed by atoms with Crippen molar-refractivity contribution in [1.29, 1.82) is 0 Å². The molecule has 0 aromatic carbocycles. The number of nitrogens with one attached hydrogen (secondary N) is 1. The van der Waals surface area contributed by atoms with Gasteiger partial charge in [-0.25, -0.2) is 12.7 Å². The first-order chi connectivity index (χ1) is 8.64. The van der Waals surface area contributed by atoms with Crippen molar-refractivity contribution in [3.63, 3.8) is 0 Å². The van der Waals surface area contributed by atoms with E-state index in [4.69, 9.17) is 11.6 Å². The third-order valence-electron chi connectivity index (χ3n) is 2.64. The summed E-state index contributed by atoms with van der Waals surface area (Å²) in [6, 6.07) is 0. The quantitative estimate of drug-likeness (QED) is 0.830. The number of sulfonamides is 1. The van der Waals surface area contributed by atoms with E-state index in [0.29, 0.717) is 10.7 Å². The molecule has 108 valence electrons. The van der Waals surface area contributed by atoms with Crippen LogP contribution in [-0.4, -0.2) is 54.8 Å². The number of carbonyl (C=O) groups is 1. The lowest BCUT2D eigenvalue weighted by Gasteiger charge is -2.14. The Morgan fingerprint density at radius 3 is 2.53 bits per heavy atom. The lowest BCUT2D eigenvalue weighted by Crippen LogP contribution is -2.36. The molecule has 0 unspecified atom stereocenters. The Balaban J connectivity index is 2.62. The van der Waals surface area contributed by atoms with Gasteiger partial charge in [-0.05, 0) is 6.92 Å². The zero-order valence-electron chi connectivity index (χ0n) is 11.3. The maximum Gasteiger partial charge on any atom is 0.271 e. The van der Waals surface area contributed by atoms with Gasteiger partial charge in [-0.3, -0.25) is 9.48 Å². The molecule has 7 nitrogen and oxygen atoms in total. The molecule has 1 rings (SSSR count). The lowest BCUT2D eigenvalue weighted by atomic mass is 10.3. The molecule has 9 heteroatoms. The highest BCUT2D eigenvalue weighted by Crippen LogP contribution is 2.18. The Labute approximate surface area is 117 Å². The highest BCUT2D eigenvalue weighted by Gasteiger charge is 2.18. The van der Waals surface area contributed by atoms with Crippen molar-refractivity contribution in [3.05, 3.63) is 16.4 Å². The number of nitrogens with zero attached hydrogens (tertiary/aromatic N) is 3. The molecule has 0 spiro atoms. The monoisotopic (exact) mass is 308 g/mol. The molecule has 0 bridgehead atoms. The van der Waals surface area contributed by atoms with E-state index in [0.717, 1.165) is 10.6 Å². The number of hydrogen-bond donors (Lipinski definition) is 1. The third-order valence-corrected chi connectivity index (χ3v) is 4.41. The summed E-state index contributed by atoms with van der Waals surface area (Å²) < 4.78 is 24.9. The standard InChI is InChI=1S/C10H17ClN4O3S/c1-7-8(11)9(15(3)13-7)10(16)12-5-6-14(2)19(4,17)18/h5-6H2,1-4H3,(H,12,16). The fourth-order valence-electron chi connectivity index (χ4n) is 1.46. The third kappa shape index (κ3) is 3.92. The SMILES string of the molecule is Cc1nn(C)c(C(=O)NCCN(C)S(C)(=O)=O)c1Cl. The highest BCUT2D eigenvalue weighted by molar-refractivity contribution is 7.88. The molecule has 0 radical (unpaired) electrons. The normalized spacial score (nSPS) is 11.9. The van der Waals surface area contributed by atoms with Crippen LogP contribution in [0.4, 0.5) is 0 Å². The molecule has 0 aliphatic rings. The lowest BCUT2D eigenvalue weighted by molar-refractivity contribution is 0.0943. The fraction of sp³-hybridized carbons (Fsp3) is 0.600. The molecule has 0 saturated heterocycles. The van der Waals surface area contributed by atoms with Crippen LogP contribution in [0.15, 0.2) is 0 Å². The summed E-state index contributed by atoms with van der Waals surface area (Å²) in [5, 5.41) is 6.94. The summed E-state index contributed by atoms with van der Waals surface area (Å²) in [7, 11) is -0.171. The largest absolute Gasteiger partial charge is 0.349 e. The first kappa shape index (κ1) is 15.9. The molecule has 0 saturated carbocycles. The number of likely N-dealkylation sites (N-methyl/N-ethyl adjacent to an activating group) is 1. The van der Waals surface area contributed by atoms with Crippen LogP contribution in [-0.2, 0) is 17.1 Å². The Morgan fingerprint density at radius 2 is 2.11 bits per heavy atom. The van der Waals surface area contributed by atoms with Crippen LogP contribution in [0.1, 0.15) is 16.2 Å². The summed E-state index contributed by atoms with van der Waals surface area (Å²) >= 11 is 5.97. The van der Waals surface area contributed by atoms with Crippen molar-refractivity contribution in [2.75, 3.05) is 26.4 Å². The average Bonchev–Trinajstić information content (AvgIpc) is 2.51. The van der Waals surface area contributed by atoms with Gasteiger partial charge in [-0.1, -0.05) is 11.6 Å². The molecule has 1 N–H and O–H groups in total. The van der Waals surface area contributed by atoms with Crippen molar-refractivity contribution in [2.24, 2.45) is 7.05 Å². The fourth-order valence-corrected chi connectivity index (χ4v) is 2.12. The minimum Gasteiger partial charge on any atom is -0.349 e. The summed E-state index contributed by atoms with van der Waals surface area (Å²) in [6.45, 7) is 2.10. The van der Waals surface area contributed by atoms with Gasteiger partial charge in [0.15, 0.2) is 0 Å². The molecule has 0 aliphatic carbocycles. The van der Waals surface area contributed by atoms with E-state index in [9.17, 15) is 13.2 Å². The molecule has 0 aliphatic heterocycles. The molecular formula is C10H17ClN4O3S. The molecule has 0 atom stereocenters. The second-order valence-corrected chi connectivity index (χ2v) is 6.68. The van der Waals surface area contributed by atoms with E-state index in [-0.39, 0.29) is 24.7 Å². The maximum absolute atomic E-state index is 11.9. The average molecular weight is 309 g/mol.